The number of nitrogens with one attached hydrogen (secondary N) is 1. The van der Waals surface area contributed by atoms with Crippen LogP contribution in [0.15, 0.2) is 24.5 Å². The Kier molecular flexibility index (Phi) is 3.14. The second-order valence-corrected chi connectivity index (χ2v) is 3.29. The second-order valence-electron chi connectivity index (χ2n) is 3.29. The van der Waals surface area contributed by atoms with Gasteiger partial charge < -0.3 is 15.0 Å². The third-order valence-electron chi connectivity index (χ3n) is 2.23. The molecule has 1 saturated heterocycles. The van der Waals surface area contributed by atoms with Gasteiger partial charge in [0, 0.05) is 38.6 Å². The Hall–Kier alpha value is -1.62. The third-order valence-corrected chi connectivity index (χ3v) is 2.23. The highest BCUT2D eigenvalue weighted by atomic mass is 16.6. The minimum absolute atomic E-state index is 0.289. The van der Waals surface area contributed by atoms with Gasteiger partial charge in [-0.1, -0.05) is 0 Å². The summed E-state index contributed by atoms with van der Waals surface area (Å²) in [6, 6.07) is 3.33. The Balaban J connectivity index is 1.91. The standard InChI is InChI=1S/C10H13N3O2/c14-10(13-7-5-12-6-8-13)15-9-1-3-11-4-2-9/h1-4,12H,5-8H2. The molecular formula is C10H13N3O2. The van der Waals surface area contributed by atoms with Gasteiger partial charge in [0.2, 0.25) is 0 Å². The summed E-state index contributed by atoms with van der Waals surface area (Å²) in [6.07, 6.45) is 2.91. The van der Waals surface area contributed by atoms with Crippen LogP contribution >= 0.6 is 0 Å². The molecule has 5 heteroatoms. The van der Waals surface area contributed by atoms with Crippen LogP contribution < -0.4 is 10.1 Å². The molecule has 0 unspecified atom stereocenters. The SMILES string of the molecule is O=C(Oc1ccncc1)N1CCNCC1. The Morgan fingerprint density at radius 3 is 2.67 bits per heavy atom. The molecule has 0 saturated carbocycles. The molecule has 2 rings (SSSR count). The highest BCUT2D eigenvalue weighted by molar-refractivity contribution is 5.70. The summed E-state index contributed by atoms with van der Waals surface area (Å²) in [5.74, 6) is 0.536. The molecule has 1 N–H and O–H groups in total. The van der Waals surface area contributed by atoms with Crippen LogP contribution in [-0.4, -0.2) is 42.2 Å². The van der Waals surface area contributed by atoms with Crippen molar-refractivity contribution in [1.82, 2.24) is 15.2 Å². The van der Waals surface area contributed by atoms with Crippen molar-refractivity contribution in [1.29, 1.82) is 0 Å². The molecule has 0 atom stereocenters. The molecule has 1 aromatic heterocycles. The monoisotopic (exact) mass is 207 g/mol. The number of piperazine rings is 1. The lowest BCUT2D eigenvalue weighted by molar-refractivity contribution is 0.146. The van der Waals surface area contributed by atoms with Crippen molar-refractivity contribution in [2.24, 2.45) is 0 Å². The van der Waals surface area contributed by atoms with Gasteiger partial charge in [-0.25, -0.2) is 4.79 Å². The first-order chi connectivity index (χ1) is 7.36. The van der Waals surface area contributed by atoms with Gasteiger partial charge in [0.1, 0.15) is 5.75 Å². The second kappa shape index (κ2) is 4.75. The maximum absolute atomic E-state index is 11.6. The summed E-state index contributed by atoms with van der Waals surface area (Å²) in [4.78, 5) is 17.2. The van der Waals surface area contributed by atoms with E-state index in [1.165, 1.54) is 0 Å². The van der Waals surface area contributed by atoms with Crippen molar-refractivity contribution < 1.29 is 9.53 Å². The van der Waals surface area contributed by atoms with Gasteiger partial charge in [0.25, 0.3) is 0 Å². The van der Waals surface area contributed by atoms with E-state index in [1.54, 1.807) is 29.4 Å². The first-order valence-corrected chi connectivity index (χ1v) is 4.94. The minimum Gasteiger partial charge on any atom is -0.410 e. The van der Waals surface area contributed by atoms with Gasteiger partial charge in [0.05, 0.1) is 0 Å². The molecule has 5 nitrogen and oxygen atoms in total. The normalized spacial score (nSPS) is 16.1. The molecule has 2 heterocycles. The molecule has 0 aliphatic carbocycles. The number of nitrogens with zero attached hydrogens (tertiary/aromatic N) is 2. The summed E-state index contributed by atoms with van der Waals surface area (Å²) in [5, 5.41) is 3.17. The van der Waals surface area contributed by atoms with E-state index in [-0.39, 0.29) is 6.09 Å². The Morgan fingerprint density at radius 1 is 1.33 bits per heavy atom. The number of carbonyl (C=O) groups is 1. The van der Waals surface area contributed by atoms with Gasteiger partial charge in [-0.3, -0.25) is 4.98 Å². The van der Waals surface area contributed by atoms with Gasteiger partial charge in [-0.05, 0) is 12.1 Å². The predicted octanol–water partition coefficient (Wildman–Crippen LogP) is 0.486. The summed E-state index contributed by atoms with van der Waals surface area (Å²) in [7, 11) is 0. The van der Waals surface area contributed by atoms with E-state index in [4.69, 9.17) is 4.74 Å². The molecule has 0 radical (unpaired) electrons. The average Bonchev–Trinajstić information content (AvgIpc) is 2.31. The lowest BCUT2D eigenvalue weighted by Crippen LogP contribution is -2.47. The number of carbonyl (C=O) groups excluding carboxylic acids is 1. The zero-order valence-electron chi connectivity index (χ0n) is 8.35. The Labute approximate surface area is 88.1 Å². The molecule has 1 aromatic rings. The molecule has 1 aliphatic rings. The van der Waals surface area contributed by atoms with Crippen LogP contribution in [0, 0.1) is 0 Å². The van der Waals surface area contributed by atoms with E-state index in [0.717, 1.165) is 13.1 Å². The lowest BCUT2D eigenvalue weighted by Gasteiger charge is -2.26. The Morgan fingerprint density at radius 2 is 2.00 bits per heavy atom. The maximum Gasteiger partial charge on any atom is 0.415 e. The number of hydrogen-bond donors (Lipinski definition) is 1. The minimum atomic E-state index is -0.289. The number of amides is 1. The zero-order chi connectivity index (χ0) is 10.5. The molecule has 80 valence electrons. The van der Waals surface area contributed by atoms with Gasteiger partial charge in [0.15, 0.2) is 0 Å². The molecule has 15 heavy (non-hydrogen) atoms. The van der Waals surface area contributed by atoms with Crippen molar-refractivity contribution in [2.75, 3.05) is 26.2 Å². The first kappa shape index (κ1) is 9.92. The quantitative estimate of drug-likeness (QED) is 0.728. The fraction of sp³-hybridized carbons (Fsp3) is 0.400. The first-order valence-electron chi connectivity index (χ1n) is 4.94. The summed E-state index contributed by atoms with van der Waals surface area (Å²) >= 11 is 0. The van der Waals surface area contributed by atoms with E-state index < -0.39 is 0 Å². The molecule has 1 fully saturated rings. The molecule has 1 amide bonds. The predicted molar refractivity (Wildman–Crippen MR) is 54.7 cm³/mol. The van der Waals surface area contributed by atoms with E-state index in [2.05, 4.69) is 10.3 Å². The van der Waals surface area contributed by atoms with Crippen LogP contribution in [0.2, 0.25) is 0 Å². The molecule has 0 bridgehead atoms. The van der Waals surface area contributed by atoms with Gasteiger partial charge in [-0.2, -0.15) is 0 Å². The molecule has 0 aromatic carbocycles. The number of hydrogen-bond acceptors (Lipinski definition) is 4. The van der Waals surface area contributed by atoms with Crippen molar-refractivity contribution in [3.05, 3.63) is 24.5 Å². The zero-order valence-corrected chi connectivity index (χ0v) is 8.35. The number of ether oxygens (including phenoxy) is 1. The Bertz CT molecular complexity index is 323. The van der Waals surface area contributed by atoms with Crippen molar-refractivity contribution >= 4 is 6.09 Å². The molecular weight excluding hydrogens is 194 g/mol. The van der Waals surface area contributed by atoms with Gasteiger partial charge in [-0.15, -0.1) is 0 Å². The van der Waals surface area contributed by atoms with Crippen LogP contribution in [-0.2, 0) is 0 Å². The van der Waals surface area contributed by atoms with Crippen molar-refractivity contribution in [2.45, 2.75) is 0 Å². The summed E-state index contributed by atoms with van der Waals surface area (Å²) < 4.78 is 5.17. The van der Waals surface area contributed by atoms with Crippen LogP contribution in [0.25, 0.3) is 0 Å². The van der Waals surface area contributed by atoms with Crippen molar-refractivity contribution in [3.63, 3.8) is 0 Å². The summed E-state index contributed by atoms with van der Waals surface area (Å²) in [6.45, 7) is 3.05. The number of rotatable bonds is 1. The number of aromatic nitrogens is 1. The summed E-state index contributed by atoms with van der Waals surface area (Å²) in [5.41, 5.74) is 0. The topological polar surface area (TPSA) is 54.5 Å². The largest absolute Gasteiger partial charge is 0.415 e. The molecule has 0 spiro atoms. The van der Waals surface area contributed by atoms with E-state index in [9.17, 15) is 4.79 Å². The van der Waals surface area contributed by atoms with Crippen LogP contribution in [0.1, 0.15) is 0 Å². The third kappa shape index (κ3) is 2.66. The van der Waals surface area contributed by atoms with Crippen molar-refractivity contribution in [3.8, 4) is 5.75 Å². The van der Waals surface area contributed by atoms with E-state index in [1.807, 2.05) is 0 Å². The smallest absolute Gasteiger partial charge is 0.410 e. The molecule has 1 aliphatic heterocycles. The number of pyridine rings is 1. The van der Waals surface area contributed by atoms with Gasteiger partial charge >= 0.3 is 6.09 Å². The maximum atomic E-state index is 11.6. The highest BCUT2D eigenvalue weighted by Gasteiger charge is 2.17. The fourth-order valence-corrected chi connectivity index (χ4v) is 1.42. The van der Waals surface area contributed by atoms with Crippen LogP contribution in [0.5, 0.6) is 5.75 Å². The van der Waals surface area contributed by atoms with Crippen LogP contribution in [0.3, 0.4) is 0 Å². The fourth-order valence-electron chi connectivity index (χ4n) is 1.42. The van der Waals surface area contributed by atoms with E-state index in [0.29, 0.717) is 18.8 Å². The average molecular weight is 207 g/mol. The highest BCUT2D eigenvalue weighted by Crippen LogP contribution is 2.09. The van der Waals surface area contributed by atoms with Crippen LogP contribution in [0.4, 0.5) is 4.79 Å². The van der Waals surface area contributed by atoms with E-state index >= 15 is 0 Å². The lowest BCUT2D eigenvalue weighted by atomic mass is 10.4.